The van der Waals surface area contributed by atoms with Crippen LogP contribution in [0.2, 0.25) is 0 Å². The van der Waals surface area contributed by atoms with Crippen LogP contribution in [-0.2, 0) is 0 Å². The fourth-order valence-electron chi connectivity index (χ4n) is 2.14. The maximum atomic E-state index is 10.1. The van der Waals surface area contributed by atoms with Crippen LogP contribution >= 0.6 is 0 Å². The van der Waals surface area contributed by atoms with Gasteiger partial charge in [0.1, 0.15) is 0 Å². The summed E-state index contributed by atoms with van der Waals surface area (Å²) in [6, 6.07) is 0.0893. The molecule has 1 saturated carbocycles. The van der Waals surface area contributed by atoms with Crippen LogP contribution in [-0.4, -0.2) is 27.6 Å². The van der Waals surface area contributed by atoms with Crippen molar-refractivity contribution in [3.63, 3.8) is 0 Å². The van der Waals surface area contributed by atoms with E-state index in [4.69, 9.17) is 4.74 Å². The first kappa shape index (κ1) is 9.52. The van der Waals surface area contributed by atoms with Gasteiger partial charge in [0.2, 0.25) is 0 Å². The molecular formula is C10H16N2O2. The van der Waals surface area contributed by atoms with E-state index >= 15 is 0 Å². The van der Waals surface area contributed by atoms with Gasteiger partial charge in [-0.25, -0.2) is 0 Å². The van der Waals surface area contributed by atoms with E-state index in [1.807, 2.05) is 17.8 Å². The van der Waals surface area contributed by atoms with Gasteiger partial charge in [-0.15, -0.1) is 0 Å². The molecule has 0 saturated heterocycles. The van der Waals surface area contributed by atoms with Crippen molar-refractivity contribution in [3.8, 4) is 5.75 Å². The van der Waals surface area contributed by atoms with Gasteiger partial charge in [0, 0.05) is 0 Å². The fraction of sp³-hybridized carbons (Fsp3) is 0.700. The molecule has 1 heterocycles. The van der Waals surface area contributed by atoms with E-state index in [0.717, 1.165) is 25.0 Å². The van der Waals surface area contributed by atoms with E-state index in [9.17, 15) is 5.11 Å². The lowest BCUT2D eigenvalue weighted by molar-refractivity contribution is 0.0221. The summed E-state index contributed by atoms with van der Waals surface area (Å²) < 4.78 is 6.87. The predicted octanol–water partition coefficient (Wildman–Crippen LogP) is 1.37. The Labute approximate surface area is 83.5 Å². The lowest BCUT2D eigenvalue weighted by atomic mass is 10.0. The van der Waals surface area contributed by atoms with E-state index in [2.05, 4.69) is 5.10 Å². The average molecular weight is 196 g/mol. The van der Waals surface area contributed by atoms with Crippen molar-refractivity contribution in [1.82, 2.24) is 9.78 Å². The summed E-state index contributed by atoms with van der Waals surface area (Å²) in [5, 5.41) is 14.3. The molecular weight excluding hydrogens is 180 g/mol. The summed E-state index contributed by atoms with van der Waals surface area (Å²) >= 11 is 0. The van der Waals surface area contributed by atoms with Crippen molar-refractivity contribution in [1.29, 1.82) is 0 Å². The Morgan fingerprint density at radius 1 is 1.71 bits per heavy atom. The van der Waals surface area contributed by atoms with Gasteiger partial charge in [-0.2, -0.15) is 5.10 Å². The molecule has 4 nitrogen and oxygen atoms in total. The number of rotatable bonds is 2. The number of hydrogen-bond donors (Lipinski definition) is 1. The first-order valence-corrected chi connectivity index (χ1v) is 4.94. The molecule has 0 spiro atoms. The highest BCUT2D eigenvalue weighted by molar-refractivity contribution is 5.12. The smallest absolute Gasteiger partial charge is 0.156 e. The molecule has 14 heavy (non-hydrogen) atoms. The highest BCUT2D eigenvalue weighted by Gasteiger charge is 2.38. The minimum Gasteiger partial charge on any atom is -0.493 e. The second kappa shape index (κ2) is 3.28. The van der Waals surface area contributed by atoms with Gasteiger partial charge in [-0.05, 0) is 26.2 Å². The Balaban J connectivity index is 2.22. The summed E-state index contributed by atoms with van der Waals surface area (Å²) in [6.45, 7) is 1.87. The highest BCUT2D eigenvalue weighted by Crippen LogP contribution is 2.38. The van der Waals surface area contributed by atoms with Gasteiger partial charge in [-0.3, -0.25) is 4.68 Å². The van der Waals surface area contributed by atoms with Crippen LogP contribution in [0.4, 0.5) is 0 Å². The monoisotopic (exact) mass is 196 g/mol. The maximum absolute atomic E-state index is 10.1. The minimum atomic E-state index is -0.628. The van der Waals surface area contributed by atoms with Crippen molar-refractivity contribution in [2.45, 2.75) is 37.8 Å². The van der Waals surface area contributed by atoms with E-state index in [-0.39, 0.29) is 6.04 Å². The molecule has 1 aliphatic rings. The van der Waals surface area contributed by atoms with Gasteiger partial charge < -0.3 is 9.84 Å². The predicted molar refractivity (Wildman–Crippen MR) is 52.3 cm³/mol. The van der Waals surface area contributed by atoms with Gasteiger partial charge in [0.15, 0.2) is 5.75 Å². The molecule has 0 radical (unpaired) electrons. The van der Waals surface area contributed by atoms with Gasteiger partial charge in [0.05, 0.1) is 31.1 Å². The summed E-state index contributed by atoms with van der Waals surface area (Å²) in [4.78, 5) is 0. The molecule has 4 heteroatoms. The molecule has 2 unspecified atom stereocenters. The van der Waals surface area contributed by atoms with Crippen molar-refractivity contribution < 1.29 is 9.84 Å². The van der Waals surface area contributed by atoms with Crippen LogP contribution in [0.3, 0.4) is 0 Å². The third-order valence-electron chi connectivity index (χ3n) is 3.01. The van der Waals surface area contributed by atoms with Gasteiger partial charge >= 0.3 is 0 Å². The Morgan fingerprint density at radius 3 is 3.00 bits per heavy atom. The lowest BCUT2D eigenvalue weighted by Crippen LogP contribution is -2.31. The van der Waals surface area contributed by atoms with Crippen molar-refractivity contribution in [2.24, 2.45) is 0 Å². The highest BCUT2D eigenvalue weighted by atomic mass is 16.5. The molecule has 0 aromatic carbocycles. The Bertz CT molecular complexity index is 320. The SMILES string of the molecule is COc1cnn(C2CCCC2(C)O)c1. The molecule has 1 aromatic rings. The summed E-state index contributed by atoms with van der Waals surface area (Å²) in [5.74, 6) is 0.743. The van der Waals surface area contributed by atoms with E-state index < -0.39 is 5.60 Å². The average Bonchev–Trinajstić information content (AvgIpc) is 2.70. The van der Waals surface area contributed by atoms with Crippen LogP contribution in [0.5, 0.6) is 5.75 Å². The lowest BCUT2D eigenvalue weighted by Gasteiger charge is -2.25. The molecule has 1 N–H and O–H groups in total. The van der Waals surface area contributed by atoms with Crippen LogP contribution in [0.25, 0.3) is 0 Å². The number of aliphatic hydroxyl groups is 1. The Morgan fingerprint density at radius 2 is 2.50 bits per heavy atom. The van der Waals surface area contributed by atoms with E-state index in [0.29, 0.717) is 0 Å². The Kier molecular flexibility index (Phi) is 2.23. The molecule has 0 amide bonds. The molecule has 1 fully saturated rings. The number of aromatic nitrogens is 2. The first-order valence-electron chi connectivity index (χ1n) is 4.94. The zero-order chi connectivity index (χ0) is 10.2. The minimum absolute atomic E-state index is 0.0893. The largest absolute Gasteiger partial charge is 0.493 e. The van der Waals surface area contributed by atoms with E-state index in [1.165, 1.54) is 0 Å². The zero-order valence-corrected chi connectivity index (χ0v) is 8.60. The van der Waals surface area contributed by atoms with Gasteiger partial charge in [0.25, 0.3) is 0 Å². The molecule has 1 aromatic heterocycles. The molecule has 1 aliphatic carbocycles. The van der Waals surface area contributed by atoms with Crippen molar-refractivity contribution >= 4 is 0 Å². The molecule has 2 atom stereocenters. The molecule has 0 aliphatic heterocycles. The normalized spacial score (nSPS) is 32.1. The third kappa shape index (κ3) is 1.50. The van der Waals surface area contributed by atoms with Gasteiger partial charge in [-0.1, -0.05) is 0 Å². The number of ether oxygens (including phenoxy) is 1. The summed E-state index contributed by atoms with van der Waals surface area (Å²) in [6.07, 6.45) is 6.40. The van der Waals surface area contributed by atoms with Crippen LogP contribution in [0.15, 0.2) is 12.4 Å². The fourth-order valence-corrected chi connectivity index (χ4v) is 2.14. The zero-order valence-electron chi connectivity index (χ0n) is 8.60. The van der Waals surface area contributed by atoms with Crippen LogP contribution in [0, 0.1) is 0 Å². The topological polar surface area (TPSA) is 47.3 Å². The number of hydrogen-bond acceptors (Lipinski definition) is 3. The van der Waals surface area contributed by atoms with E-state index in [1.54, 1.807) is 13.3 Å². The first-order chi connectivity index (χ1) is 6.63. The van der Waals surface area contributed by atoms with Crippen LogP contribution in [0.1, 0.15) is 32.2 Å². The summed E-state index contributed by atoms with van der Waals surface area (Å²) in [5.41, 5.74) is -0.628. The van der Waals surface area contributed by atoms with Crippen molar-refractivity contribution in [3.05, 3.63) is 12.4 Å². The van der Waals surface area contributed by atoms with Crippen LogP contribution < -0.4 is 4.74 Å². The molecule has 2 rings (SSSR count). The second-order valence-corrected chi connectivity index (χ2v) is 4.13. The molecule has 0 bridgehead atoms. The number of methoxy groups -OCH3 is 1. The third-order valence-corrected chi connectivity index (χ3v) is 3.01. The second-order valence-electron chi connectivity index (χ2n) is 4.13. The quantitative estimate of drug-likeness (QED) is 0.777. The maximum Gasteiger partial charge on any atom is 0.156 e. The summed E-state index contributed by atoms with van der Waals surface area (Å²) in [7, 11) is 1.62. The number of nitrogens with zero attached hydrogens (tertiary/aromatic N) is 2. The Hall–Kier alpha value is -1.03. The molecule has 78 valence electrons. The standard InChI is InChI=1S/C10H16N2O2/c1-10(13)5-3-4-9(10)12-7-8(14-2)6-11-12/h6-7,9,13H,3-5H2,1-2H3. The van der Waals surface area contributed by atoms with Crippen molar-refractivity contribution in [2.75, 3.05) is 7.11 Å².